The lowest BCUT2D eigenvalue weighted by Crippen LogP contribution is -2.42. The van der Waals surface area contributed by atoms with Gasteiger partial charge in [0.1, 0.15) is 5.82 Å². The molecule has 1 aromatic heterocycles. The second-order valence-corrected chi connectivity index (χ2v) is 10.1. The molecule has 3 aliphatic rings. The number of fused-ring (bicyclic) bond motifs is 2. The summed E-state index contributed by atoms with van der Waals surface area (Å²) in [6, 6.07) is 13.0. The van der Waals surface area contributed by atoms with Crippen molar-refractivity contribution in [1.29, 1.82) is 0 Å². The molecule has 1 fully saturated rings. The van der Waals surface area contributed by atoms with E-state index in [2.05, 4.69) is 39.9 Å². The first kappa shape index (κ1) is 20.4. The van der Waals surface area contributed by atoms with Crippen molar-refractivity contribution < 1.29 is 0 Å². The second kappa shape index (κ2) is 8.27. The van der Waals surface area contributed by atoms with Gasteiger partial charge in [-0.25, -0.2) is 4.98 Å². The van der Waals surface area contributed by atoms with Crippen LogP contribution < -0.4 is 0 Å². The first-order valence-electron chi connectivity index (χ1n) is 11.5. The van der Waals surface area contributed by atoms with Gasteiger partial charge in [0, 0.05) is 47.6 Å². The van der Waals surface area contributed by atoms with Crippen molar-refractivity contribution in [3.63, 3.8) is 0 Å². The van der Waals surface area contributed by atoms with Crippen LogP contribution in [0.2, 0.25) is 10.0 Å². The summed E-state index contributed by atoms with van der Waals surface area (Å²) in [7, 11) is 0. The predicted octanol–water partition coefficient (Wildman–Crippen LogP) is 6.06. The number of imidazole rings is 1. The molecule has 0 bridgehead atoms. The van der Waals surface area contributed by atoms with Gasteiger partial charge in [0.15, 0.2) is 0 Å². The van der Waals surface area contributed by atoms with Crippen molar-refractivity contribution in [2.45, 2.75) is 51.1 Å². The predicted molar refractivity (Wildman–Crippen MR) is 130 cm³/mol. The standard InChI is InChI=1S/C27H25Cl2N3/c28-21-8-6-19-7-9-22(15-20(19)14-21)32-12-11-25-26(16-32)31-27(30-25)23-10-5-18(13-24(23)29)4-3-17-1-2-17/h5-6,8,10,13-14,17,22H,1-2,7,9,11-12,15-16H2,(H,30,31). The Hall–Kier alpha value is -2.25. The fraction of sp³-hybridized carbons (Fsp3) is 0.370. The van der Waals surface area contributed by atoms with Gasteiger partial charge in [-0.2, -0.15) is 0 Å². The normalized spacial score (nSPS) is 20.2. The topological polar surface area (TPSA) is 31.9 Å². The Morgan fingerprint density at radius 1 is 1.00 bits per heavy atom. The summed E-state index contributed by atoms with van der Waals surface area (Å²) >= 11 is 12.9. The number of halogens is 2. The van der Waals surface area contributed by atoms with Gasteiger partial charge in [-0.1, -0.05) is 41.1 Å². The molecule has 3 nitrogen and oxygen atoms in total. The Balaban J connectivity index is 1.19. The van der Waals surface area contributed by atoms with Crippen molar-refractivity contribution in [2.75, 3.05) is 6.54 Å². The summed E-state index contributed by atoms with van der Waals surface area (Å²) in [5, 5.41) is 1.54. The number of hydrogen-bond acceptors (Lipinski definition) is 2. The maximum atomic E-state index is 6.62. The molecular formula is C27H25Cl2N3. The first-order valence-corrected chi connectivity index (χ1v) is 12.3. The van der Waals surface area contributed by atoms with E-state index in [-0.39, 0.29) is 0 Å². The molecule has 1 aliphatic heterocycles. The molecule has 162 valence electrons. The van der Waals surface area contributed by atoms with Gasteiger partial charge < -0.3 is 4.98 Å². The van der Waals surface area contributed by atoms with Gasteiger partial charge >= 0.3 is 0 Å². The van der Waals surface area contributed by atoms with Crippen LogP contribution >= 0.6 is 23.2 Å². The molecule has 0 saturated heterocycles. The first-order chi connectivity index (χ1) is 15.6. The monoisotopic (exact) mass is 461 g/mol. The fourth-order valence-electron chi connectivity index (χ4n) is 4.97. The molecule has 1 saturated carbocycles. The average molecular weight is 462 g/mol. The molecule has 0 spiro atoms. The van der Waals surface area contributed by atoms with Crippen LogP contribution in [0.5, 0.6) is 0 Å². The van der Waals surface area contributed by atoms with Gasteiger partial charge in [-0.3, -0.25) is 4.90 Å². The van der Waals surface area contributed by atoms with Gasteiger partial charge in [-0.15, -0.1) is 0 Å². The minimum atomic E-state index is 0.550. The highest BCUT2D eigenvalue weighted by molar-refractivity contribution is 6.33. The third kappa shape index (κ3) is 4.08. The van der Waals surface area contributed by atoms with E-state index in [1.165, 1.54) is 41.8 Å². The van der Waals surface area contributed by atoms with E-state index in [0.29, 0.717) is 17.0 Å². The smallest absolute Gasteiger partial charge is 0.139 e. The van der Waals surface area contributed by atoms with Crippen LogP contribution in [-0.2, 0) is 25.8 Å². The number of aromatic amines is 1. The van der Waals surface area contributed by atoms with Crippen LogP contribution in [0.4, 0.5) is 0 Å². The van der Waals surface area contributed by atoms with E-state index in [0.717, 1.165) is 54.3 Å². The number of benzene rings is 2. The second-order valence-electron chi connectivity index (χ2n) is 9.28. The molecule has 1 N–H and O–H groups in total. The Labute approximate surface area is 199 Å². The van der Waals surface area contributed by atoms with Crippen molar-refractivity contribution in [2.24, 2.45) is 5.92 Å². The minimum absolute atomic E-state index is 0.550. The summed E-state index contributed by atoms with van der Waals surface area (Å²) < 4.78 is 0. The van der Waals surface area contributed by atoms with E-state index in [1.54, 1.807) is 0 Å². The van der Waals surface area contributed by atoms with Crippen molar-refractivity contribution in [3.05, 3.63) is 74.5 Å². The third-order valence-corrected chi connectivity index (χ3v) is 7.52. The molecule has 1 unspecified atom stereocenters. The highest BCUT2D eigenvalue weighted by atomic mass is 35.5. The number of rotatable bonds is 2. The molecule has 0 amide bonds. The summed E-state index contributed by atoms with van der Waals surface area (Å²) in [6.07, 6.45) is 6.82. The number of aryl methyl sites for hydroxylation is 1. The summed E-state index contributed by atoms with van der Waals surface area (Å²) in [5.41, 5.74) is 7.17. The SMILES string of the molecule is Clc1ccc2c(c1)CC(N1CCc3nc(-c4ccc(C#CC5CC5)cc4Cl)[nH]c3C1)CC2. The van der Waals surface area contributed by atoms with E-state index < -0.39 is 0 Å². The van der Waals surface area contributed by atoms with Gasteiger partial charge in [-0.05, 0) is 73.6 Å². The molecular weight excluding hydrogens is 437 g/mol. The van der Waals surface area contributed by atoms with Crippen LogP contribution in [0, 0.1) is 17.8 Å². The highest BCUT2D eigenvalue weighted by Gasteiger charge is 2.29. The number of aromatic nitrogens is 2. The van der Waals surface area contributed by atoms with E-state index in [4.69, 9.17) is 28.2 Å². The lowest BCUT2D eigenvalue weighted by atomic mass is 9.87. The Kier molecular flexibility index (Phi) is 5.26. The number of hydrogen-bond donors (Lipinski definition) is 1. The summed E-state index contributed by atoms with van der Waals surface area (Å²) in [6.45, 7) is 1.95. The molecule has 6 rings (SSSR count). The molecule has 3 aromatic rings. The van der Waals surface area contributed by atoms with Gasteiger partial charge in [0.2, 0.25) is 0 Å². The van der Waals surface area contributed by atoms with E-state index in [9.17, 15) is 0 Å². The van der Waals surface area contributed by atoms with Crippen LogP contribution in [0.3, 0.4) is 0 Å². The number of nitrogens with zero attached hydrogens (tertiary/aromatic N) is 2. The van der Waals surface area contributed by atoms with Gasteiger partial charge in [0.25, 0.3) is 0 Å². The van der Waals surface area contributed by atoms with Crippen molar-refractivity contribution in [3.8, 4) is 23.2 Å². The highest BCUT2D eigenvalue weighted by Crippen LogP contribution is 2.33. The minimum Gasteiger partial charge on any atom is -0.340 e. The molecule has 5 heteroatoms. The van der Waals surface area contributed by atoms with Gasteiger partial charge in [0.05, 0.1) is 16.4 Å². The summed E-state index contributed by atoms with van der Waals surface area (Å²) in [5.74, 6) is 8.00. The molecule has 2 heterocycles. The largest absolute Gasteiger partial charge is 0.340 e. The molecule has 1 atom stereocenters. The Bertz CT molecular complexity index is 1250. The maximum absolute atomic E-state index is 6.62. The van der Waals surface area contributed by atoms with E-state index in [1.807, 2.05) is 18.2 Å². The Morgan fingerprint density at radius 2 is 1.91 bits per heavy atom. The zero-order chi connectivity index (χ0) is 21.7. The third-order valence-electron chi connectivity index (χ3n) is 6.97. The van der Waals surface area contributed by atoms with E-state index >= 15 is 0 Å². The zero-order valence-corrected chi connectivity index (χ0v) is 19.4. The zero-order valence-electron chi connectivity index (χ0n) is 17.9. The number of H-pyrrole nitrogens is 1. The average Bonchev–Trinajstić information content (AvgIpc) is 3.53. The molecule has 2 aliphatic carbocycles. The molecule has 32 heavy (non-hydrogen) atoms. The van der Waals surface area contributed by atoms with Crippen LogP contribution in [0.1, 0.15) is 47.3 Å². The quantitative estimate of drug-likeness (QED) is 0.470. The maximum Gasteiger partial charge on any atom is 0.139 e. The van der Waals surface area contributed by atoms with Crippen LogP contribution in [-0.4, -0.2) is 27.5 Å². The molecule has 0 radical (unpaired) electrons. The lowest BCUT2D eigenvalue weighted by Gasteiger charge is -2.37. The number of nitrogens with one attached hydrogen (secondary N) is 1. The Morgan fingerprint density at radius 3 is 2.75 bits per heavy atom. The van der Waals surface area contributed by atoms with Crippen LogP contribution in [0.25, 0.3) is 11.4 Å². The van der Waals surface area contributed by atoms with Crippen LogP contribution in [0.15, 0.2) is 36.4 Å². The lowest BCUT2D eigenvalue weighted by molar-refractivity contribution is 0.160. The fourth-order valence-corrected chi connectivity index (χ4v) is 5.43. The molecule has 2 aromatic carbocycles. The van der Waals surface area contributed by atoms with Crippen molar-refractivity contribution in [1.82, 2.24) is 14.9 Å². The summed E-state index contributed by atoms with van der Waals surface area (Å²) in [4.78, 5) is 11.1. The van der Waals surface area contributed by atoms with Crippen molar-refractivity contribution >= 4 is 23.2 Å².